The average molecular weight is 299 g/mol. The van der Waals surface area contributed by atoms with Gasteiger partial charge in [0.15, 0.2) is 5.16 Å². The molecular formula is C15H13N3O2S. The number of hydrogen-bond donors (Lipinski definition) is 3. The minimum absolute atomic E-state index is 0.214. The number of rotatable bonds is 3. The predicted octanol–water partition coefficient (Wildman–Crippen LogP) is 3.30. The SMILES string of the molecule is Cc1ccc2nc(Sc3cc(N)ccc3C(=O)O)[nH]c2c1. The van der Waals surface area contributed by atoms with Crippen molar-refractivity contribution in [2.24, 2.45) is 0 Å². The van der Waals surface area contributed by atoms with Crippen LogP contribution >= 0.6 is 11.8 Å². The van der Waals surface area contributed by atoms with Crippen LogP contribution in [0.2, 0.25) is 0 Å². The quantitative estimate of drug-likeness (QED) is 0.645. The van der Waals surface area contributed by atoms with E-state index >= 15 is 0 Å². The molecule has 0 fully saturated rings. The van der Waals surface area contributed by atoms with Crippen LogP contribution in [0.1, 0.15) is 15.9 Å². The van der Waals surface area contributed by atoms with Crippen molar-refractivity contribution in [3.05, 3.63) is 47.5 Å². The maximum atomic E-state index is 11.3. The van der Waals surface area contributed by atoms with Gasteiger partial charge in [-0.05, 0) is 42.8 Å². The molecular weight excluding hydrogens is 286 g/mol. The Labute approximate surface area is 125 Å². The second-order valence-electron chi connectivity index (χ2n) is 4.73. The Balaban J connectivity index is 2.02. The van der Waals surface area contributed by atoms with Crippen molar-refractivity contribution >= 4 is 34.5 Å². The Bertz CT molecular complexity index is 842. The number of aryl methyl sites for hydroxylation is 1. The normalized spacial score (nSPS) is 10.9. The molecule has 3 rings (SSSR count). The second-order valence-corrected chi connectivity index (χ2v) is 5.76. The first-order chi connectivity index (χ1) is 10.0. The fourth-order valence-electron chi connectivity index (χ4n) is 2.05. The fourth-order valence-corrected chi connectivity index (χ4v) is 3.03. The molecule has 21 heavy (non-hydrogen) atoms. The van der Waals surface area contributed by atoms with Crippen molar-refractivity contribution < 1.29 is 9.90 Å². The number of nitrogens with one attached hydrogen (secondary N) is 1. The molecule has 1 aromatic heterocycles. The number of fused-ring (bicyclic) bond motifs is 1. The molecule has 0 saturated heterocycles. The van der Waals surface area contributed by atoms with E-state index in [1.54, 1.807) is 12.1 Å². The lowest BCUT2D eigenvalue weighted by Crippen LogP contribution is -2.00. The maximum absolute atomic E-state index is 11.3. The second kappa shape index (κ2) is 5.14. The number of nitrogens with two attached hydrogens (primary N) is 1. The first-order valence-electron chi connectivity index (χ1n) is 6.30. The number of benzene rings is 2. The molecule has 0 spiro atoms. The summed E-state index contributed by atoms with van der Waals surface area (Å²) in [5.74, 6) is -0.982. The van der Waals surface area contributed by atoms with Gasteiger partial charge in [-0.3, -0.25) is 0 Å². The van der Waals surface area contributed by atoms with E-state index in [1.165, 1.54) is 17.8 Å². The number of carboxylic acid groups (broad SMARTS) is 1. The number of aromatic amines is 1. The van der Waals surface area contributed by atoms with Gasteiger partial charge < -0.3 is 15.8 Å². The number of nitrogen functional groups attached to an aromatic ring is 1. The first kappa shape index (κ1) is 13.5. The van der Waals surface area contributed by atoms with Crippen molar-refractivity contribution in [3.8, 4) is 0 Å². The molecule has 0 aliphatic heterocycles. The van der Waals surface area contributed by atoms with E-state index < -0.39 is 5.97 Å². The van der Waals surface area contributed by atoms with Gasteiger partial charge in [0.25, 0.3) is 0 Å². The molecule has 0 radical (unpaired) electrons. The Hall–Kier alpha value is -2.47. The van der Waals surface area contributed by atoms with Gasteiger partial charge in [0, 0.05) is 10.6 Å². The summed E-state index contributed by atoms with van der Waals surface area (Å²) in [4.78, 5) is 19.5. The van der Waals surface area contributed by atoms with Crippen LogP contribution in [0.5, 0.6) is 0 Å². The van der Waals surface area contributed by atoms with E-state index in [9.17, 15) is 9.90 Å². The van der Waals surface area contributed by atoms with Crippen molar-refractivity contribution in [3.63, 3.8) is 0 Å². The van der Waals surface area contributed by atoms with Crippen LogP contribution < -0.4 is 5.73 Å². The molecule has 4 N–H and O–H groups in total. The maximum Gasteiger partial charge on any atom is 0.336 e. The van der Waals surface area contributed by atoms with Crippen molar-refractivity contribution in [1.82, 2.24) is 9.97 Å². The third-order valence-electron chi connectivity index (χ3n) is 3.06. The van der Waals surface area contributed by atoms with Crippen LogP contribution in [0.25, 0.3) is 11.0 Å². The first-order valence-corrected chi connectivity index (χ1v) is 7.11. The summed E-state index contributed by atoms with van der Waals surface area (Å²) in [5.41, 5.74) is 9.39. The number of hydrogen-bond acceptors (Lipinski definition) is 4. The molecule has 0 atom stereocenters. The molecule has 0 bridgehead atoms. The van der Waals surface area contributed by atoms with Crippen molar-refractivity contribution in [2.45, 2.75) is 17.0 Å². The van der Waals surface area contributed by atoms with Gasteiger partial charge in [0.05, 0.1) is 16.6 Å². The van der Waals surface area contributed by atoms with Gasteiger partial charge in [-0.1, -0.05) is 17.8 Å². The smallest absolute Gasteiger partial charge is 0.336 e. The topological polar surface area (TPSA) is 92.0 Å². The molecule has 3 aromatic rings. The number of carboxylic acids is 1. The van der Waals surface area contributed by atoms with Gasteiger partial charge in [0.2, 0.25) is 0 Å². The monoisotopic (exact) mass is 299 g/mol. The summed E-state index contributed by atoms with van der Waals surface area (Å²) in [5, 5.41) is 9.87. The number of carbonyl (C=O) groups is 1. The summed E-state index contributed by atoms with van der Waals surface area (Å²) < 4.78 is 0. The zero-order chi connectivity index (χ0) is 15.0. The fraction of sp³-hybridized carbons (Fsp3) is 0.0667. The standard InChI is InChI=1S/C15H13N3O2S/c1-8-2-5-11-12(6-8)18-15(17-11)21-13-7-9(16)3-4-10(13)14(19)20/h2-7H,16H2,1H3,(H,17,18)(H,19,20). The molecule has 6 heteroatoms. The summed E-state index contributed by atoms with van der Waals surface area (Å²) >= 11 is 1.26. The summed E-state index contributed by atoms with van der Waals surface area (Å²) in [6.45, 7) is 2.01. The molecule has 0 aliphatic rings. The minimum Gasteiger partial charge on any atom is -0.478 e. The van der Waals surface area contributed by atoms with Crippen LogP contribution in [0, 0.1) is 6.92 Å². The molecule has 0 saturated carbocycles. The van der Waals surface area contributed by atoms with E-state index in [-0.39, 0.29) is 5.56 Å². The van der Waals surface area contributed by atoms with Crippen LogP contribution in [0.3, 0.4) is 0 Å². The van der Waals surface area contributed by atoms with Crippen LogP contribution in [0.15, 0.2) is 46.5 Å². The number of anilines is 1. The highest BCUT2D eigenvalue weighted by molar-refractivity contribution is 7.99. The molecule has 2 aromatic carbocycles. The highest BCUT2D eigenvalue weighted by Crippen LogP contribution is 2.31. The number of H-pyrrole nitrogens is 1. The molecule has 0 aliphatic carbocycles. The summed E-state index contributed by atoms with van der Waals surface area (Å²) in [6, 6.07) is 10.7. The lowest BCUT2D eigenvalue weighted by Gasteiger charge is -2.04. The van der Waals surface area contributed by atoms with Gasteiger partial charge in [-0.2, -0.15) is 0 Å². The van der Waals surface area contributed by atoms with Gasteiger partial charge >= 0.3 is 5.97 Å². The Morgan fingerprint density at radius 3 is 2.86 bits per heavy atom. The van der Waals surface area contributed by atoms with E-state index in [2.05, 4.69) is 9.97 Å². The minimum atomic E-state index is -0.982. The van der Waals surface area contributed by atoms with Gasteiger partial charge in [0.1, 0.15) is 0 Å². The number of nitrogens with zero attached hydrogens (tertiary/aromatic N) is 1. The van der Waals surface area contributed by atoms with E-state index in [4.69, 9.17) is 5.73 Å². The molecule has 106 valence electrons. The third-order valence-corrected chi connectivity index (χ3v) is 4.00. The lowest BCUT2D eigenvalue weighted by atomic mass is 10.2. The van der Waals surface area contributed by atoms with E-state index in [0.717, 1.165) is 16.6 Å². The zero-order valence-corrected chi connectivity index (χ0v) is 12.1. The summed E-state index contributed by atoms with van der Waals surface area (Å²) in [7, 11) is 0. The number of aromatic nitrogens is 2. The predicted molar refractivity (Wildman–Crippen MR) is 82.8 cm³/mol. The highest BCUT2D eigenvalue weighted by atomic mass is 32.2. The summed E-state index contributed by atoms with van der Waals surface area (Å²) in [6.07, 6.45) is 0. The van der Waals surface area contributed by atoms with E-state index in [1.807, 2.05) is 25.1 Å². The van der Waals surface area contributed by atoms with Crippen LogP contribution in [0.4, 0.5) is 5.69 Å². The number of imidazole rings is 1. The Kier molecular flexibility index (Phi) is 3.31. The molecule has 0 unspecified atom stereocenters. The van der Waals surface area contributed by atoms with Gasteiger partial charge in [-0.25, -0.2) is 9.78 Å². The van der Waals surface area contributed by atoms with Crippen molar-refractivity contribution in [2.75, 3.05) is 5.73 Å². The average Bonchev–Trinajstić information content (AvgIpc) is 2.79. The van der Waals surface area contributed by atoms with Crippen LogP contribution in [-0.2, 0) is 0 Å². The zero-order valence-electron chi connectivity index (χ0n) is 11.3. The molecule has 5 nitrogen and oxygen atoms in total. The Morgan fingerprint density at radius 1 is 1.29 bits per heavy atom. The van der Waals surface area contributed by atoms with Crippen molar-refractivity contribution in [1.29, 1.82) is 0 Å². The highest BCUT2D eigenvalue weighted by Gasteiger charge is 2.13. The third kappa shape index (κ3) is 2.71. The van der Waals surface area contributed by atoms with Crippen LogP contribution in [-0.4, -0.2) is 21.0 Å². The molecule has 1 heterocycles. The largest absolute Gasteiger partial charge is 0.478 e. The Morgan fingerprint density at radius 2 is 2.10 bits per heavy atom. The lowest BCUT2D eigenvalue weighted by molar-refractivity contribution is 0.0693. The molecule has 0 amide bonds. The van der Waals surface area contributed by atoms with E-state index in [0.29, 0.717) is 15.7 Å². The number of aromatic carboxylic acids is 1. The van der Waals surface area contributed by atoms with Gasteiger partial charge in [-0.15, -0.1) is 0 Å².